The Hall–Kier alpha value is -3.49. The molecule has 0 bridgehead atoms. The fourth-order valence-corrected chi connectivity index (χ4v) is 2.89. The summed E-state index contributed by atoms with van der Waals surface area (Å²) in [5, 5.41) is 13.9. The van der Waals surface area contributed by atoms with Crippen LogP contribution in [0.4, 0.5) is 11.5 Å². The third-order valence-electron chi connectivity index (χ3n) is 4.15. The molecule has 26 heavy (non-hydrogen) atoms. The first-order valence-corrected chi connectivity index (χ1v) is 7.97. The van der Waals surface area contributed by atoms with E-state index in [2.05, 4.69) is 5.32 Å². The standard InChI is InChI=1S/C17H16N4O5/c1-3-8-20-15-13(16(23)19(2)17(20)24)14(22)11(18-15)9-10-6-4-5-7-12(10)21(25)26/h4-7,9,18H,3,8H2,1-2H3/b11-9-. The maximum Gasteiger partial charge on any atom is 0.332 e. The highest BCUT2D eigenvalue weighted by atomic mass is 16.6. The Morgan fingerprint density at radius 2 is 1.92 bits per heavy atom. The summed E-state index contributed by atoms with van der Waals surface area (Å²) in [6, 6.07) is 5.96. The van der Waals surface area contributed by atoms with Crippen molar-refractivity contribution < 1.29 is 9.72 Å². The molecule has 0 radical (unpaired) electrons. The molecule has 1 N–H and O–H groups in total. The van der Waals surface area contributed by atoms with Gasteiger partial charge in [0.2, 0.25) is 5.78 Å². The minimum atomic E-state index is -0.694. The molecule has 1 aliphatic heterocycles. The van der Waals surface area contributed by atoms with Gasteiger partial charge in [0.25, 0.3) is 11.2 Å². The summed E-state index contributed by atoms with van der Waals surface area (Å²) >= 11 is 0. The first-order valence-electron chi connectivity index (χ1n) is 7.97. The maximum atomic E-state index is 12.7. The molecule has 0 aliphatic carbocycles. The van der Waals surface area contributed by atoms with Crippen LogP contribution in [-0.2, 0) is 13.6 Å². The van der Waals surface area contributed by atoms with Crippen LogP contribution in [0.1, 0.15) is 29.3 Å². The molecule has 9 heteroatoms. The van der Waals surface area contributed by atoms with Gasteiger partial charge < -0.3 is 5.32 Å². The molecule has 0 atom stereocenters. The number of nitrogens with zero attached hydrogens (tertiary/aromatic N) is 3. The number of allylic oxidation sites excluding steroid dienone is 1. The quantitative estimate of drug-likeness (QED) is 0.504. The second-order valence-corrected chi connectivity index (χ2v) is 5.85. The van der Waals surface area contributed by atoms with E-state index < -0.39 is 22.0 Å². The summed E-state index contributed by atoms with van der Waals surface area (Å²) < 4.78 is 2.22. The van der Waals surface area contributed by atoms with Crippen LogP contribution in [0.15, 0.2) is 39.6 Å². The highest BCUT2D eigenvalue weighted by molar-refractivity contribution is 6.19. The second kappa shape index (κ2) is 6.43. The molecule has 2 heterocycles. The molecule has 3 rings (SSSR count). The molecule has 0 amide bonds. The van der Waals surface area contributed by atoms with Gasteiger partial charge in [0.15, 0.2) is 0 Å². The number of ketones is 1. The lowest BCUT2D eigenvalue weighted by molar-refractivity contribution is -0.385. The number of fused-ring (bicyclic) bond motifs is 1. The van der Waals surface area contributed by atoms with Crippen LogP contribution < -0.4 is 16.6 Å². The van der Waals surface area contributed by atoms with Gasteiger partial charge in [-0.2, -0.15) is 0 Å². The highest BCUT2D eigenvalue weighted by Crippen LogP contribution is 2.28. The number of aromatic nitrogens is 2. The first kappa shape index (κ1) is 17.3. The highest BCUT2D eigenvalue weighted by Gasteiger charge is 2.32. The Bertz CT molecular complexity index is 1080. The number of rotatable bonds is 4. The zero-order valence-electron chi connectivity index (χ0n) is 14.2. The van der Waals surface area contributed by atoms with Crippen LogP contribution >= 0.6 is 0 Å². The summed E-state index contributed by atoms with van der Waals surface area (Å²) in [6.07, 6.45) is 1.95. The van der Waals surface area contributed by atoms with Crippen LogP contribution in [0.5, 0.6) is 0 Å². The summed E-state index contributed by atoms with van der Waals surface area (Å²) in [6.45, 7) is 2.19. The molecular weight excluding hydrogens is 340 g/mol. The van der Waals surface area contributed by atoms with E-state index in [0.717, 1.165) is 4.57 Å². The van der Waals surface area contributed by atoms with Crippen LogP contribution in [0.2, 0.25) is 0 Å². The van der Waals surface area contributed by atoms with Crippen molar-refractivity contribution in [3.63, 3.8) is 0 Å². The number of para-hydroxylation sites is 1. The van der Waals surface area contributed by atoms with Crippen LogP contribution in [0.25, 0.3) is 6.08 Å². The number of carbonyl (C=O) groups excluding carboxylic acids is 1. The number of benzene rings is 1. The van der Waals surface area contributed by atoms with E-state index >= 15 is 0 Å². The van der Waals surface area contributed by atoms with Crippen molar-refractivity contribution in [2.45, 2.75) is 19.9 Å². The fourth-order valence-electron chi connectivity index (χ4n) is 2.89. The second-order valence-electron chi connectivity index (χ2n) is 5.85. The van der Waals surface area contributed by atoms with E-state index in [9.17, 15) is 24.5 Å². The zero-order chi connectivity index (χ0) is 19.0. The monoisotopic (exact) mass is 356 g/mol. The van der Waals surface area contributed by atoms with Crippen molar-refractivity contribution in [2.24, 2.45) is 7.05 Å². The average molecular weight is 356 g/mol. The number of hydrogen-bond acceptors (Lipinski definition) is 6. The third-order valence-corrected chi connectivity index (χ3v) is 4.15. The van der Waals surface area contributed by atoms with Gasteiger partial charge in [-0.05, 0) is 18.6 Å². The minimum absolute atomic E-state index is 0.0156. The molecule has 0 saturated heterocycles. The SMILES string of the molecule is CCCn1c2c(c(=O)n(C)c1=O)C(=O)/C(=C/c1ccccc1[N+](=O)[O-])N2. The van der Waals surface area contributed by atoms with Gasteiger partial charge in [0, 0.05) is 19.7 Å². The largest absolute Gasteiger partial charge is 0.338 e. The number of nitrogens with one attached hydrogen (secondary N) is 1. The Morgan fingerprint density at radius 3 is 2.58 bits per heavy atom. The molecule has 0 fully saturated rings. The molecule has 9 nitrogen and oxygen atoms in total. The van der Waals surface area contributed by atoms with Crippen LogP contribution in [-0.4, -0.2) is 19.8 Å². The van der Waals surface area contributed by atoms with Crippen molar-refractivity contribution in [1.29, 1.82) is 0 Å². The van der Waals surface area contributed by atoms with Gasteiger partial charge in [-0.15, -0.1) is 0 Å². The maximum absolute atomic E-state index is 12.7. The number of nitro groups is 1. The summed E-state index contributed by atoms with van der Waals surface area (Å²) in [5.41, 5.74) is -1.28. The lowest BCUT2D eigenvalue weighted by Crippen LogP contribution is -2.40. The van der Waals surface area contributed by atoms with Gasteiger partial charge in [0.1, 0.15) is 11.4 Å². The van der Waals surface area contributed by atoms with E-state index in [4.69, 9.17) is 0 Å². The molecular formula is C17H16N4O5. The van der Waals surface area contributed by atoms with Gasteiger partial charge in [0.05, 0.1) is 16.2 Å². The van der Waals surface area contributed by atoms with E-state index in [0.29, 0.717) is 13.0 Å². The lowest BCUT2D eigenvalue weighted by atomic mass is 10.1. The normalized spacial score (nSPS) is 14.4. The van der Waals surface area contributed by atoms with Crippen LogP contribution in [0.3, 0.4) is 0 Å². The van der Waals surface area contributed by atoms with Gasteiger partial charge >= 0.3 is 5.69 Å². The van der Waals surface area contributed by atoms with Gasteiger partial charge in [-0.1, -0.05) is 19.1 Å². The van der Waals surface area contributed by atoms with Crippen molar-refractivity contribution >= 4 is 23.4 Å². The Morgan fingerprint density at radius 1 is 1.23 bits per heavy atom. The number of hydrogen-bond donors (Lipinski definition) is 1. The van der Waals surface area contributed by atoms with Crippen LogP contribution in [0, 0.1) is 10.1 Å². The lowest BCUT2D eigenvalue weighted by Gasteiger charge is -2.11. The van der Waals surface area contributed by atoms with Crippen molar-refractivity contribution in [1.82, 2.24) is 9.13 Å². The Balaban J connectivity index is 2.19. The number of Topliss-reactive ketones (excluding diaryl/α,β-unsaturated/α-hetero) is 1. The smallest absolute Gasteiger partial charge is 0.332 e. The minimum Gasteiger partial charge on any atom is -0.338 e. The summed E-state index contributed by atoms with van der Waals surface area (Å²) in [5.74, 6) is -0.460. The topological polar surface area (TPSA) is 116 Å². The van der Waals surface area contributed by atoms with Gasteiger partial charge in [-0.3, -0.25) is 28.8 Å². The average Bonchev–Trinajstić information content (AvgIpc) is 2.93. The summed E-state index contributed by atoms with van der Waals surface area (Å²) in [4.78, 5) is 48.0. The zero-order valence-corrected chi connectivity index (χ0v) is 14.2. The molecule has 0 saturated carbocycles. The van der Waals surface area contributed by atoms with Crippen molar-refractivity contribution in [3.05, 3.63) is 72.0 Å². The number of anilines is 1. The molecule has 2 aromatic rings. The third kappa shape index (κ3) is 2.63. The predicted molar refractivity (Wildman–Crippen MR) is 95.3 cm³/mol. The molecule has 0 unspecified atom stereocenters. The van der Waals surface area contributed by atoms with E-state index in [1.54, 1.807) is 6.07 Å². The molecule has 1 aromatic carbocycles. The Labute approximate surface area is 147 Å². The molecule has 0 spiro atoms. The molecule has 1 aromatic heterocycles. The van der Waals surface area contributed by atoms with E-state index in [-0.39, 0.29) is 28.3 Å². The Kier molecular flexibility index (Phi) is 4.29. The van der Waals surface area contributed by atoms with Crippen molar-refractivity contribution in [3.8, 4) is 0 Å². The fraction of sp³-hybridized carbons (Fsp3) is 0.235. The molecule has 134 valence electrons. The summed E-state index contributed by atoms with van der Waals surface area (Å²) in [7, 11) is 1.31. The van der Waals surface area contributed by atoms with Gasteiger partial charge in [-0.25, -0.2) is 4.79 Å². The first-order chi connectivity index (χ1) is 12.4. The molecule has 1 aliphatic rings. The number of nitro benzene ring substituents is 1. The predicted octanol–water partition coefficient (Wildman–Crippen LogP) is 1.51. The van der Waals surface area contributed by atoms with E-state index in [1.165, 1.54) is 35.9 Å². The van der Waals surface area contributed by atoms with E-state index in [1.807, 2.05) is 6.92 Å². The number of carbonyl (C=O) groups is 1. The van der Waals surface area contributed by atoms with Crippen molar-refractivity contribution in [2.75, 3.05) is 5.32 Å².